The van der Waals surface area contributed by atoms with E-state index in [2.05, 4.69) is 12.1 Å². The maximum Gasteiger partial charge on any atom is 0.118 e. The molecule has 0 aliphatic heterocycles. The van der Waals surface area contributed by atoms with Crippen molar-refractivity contribution in [3.05, 3.63) is 29.8 Å². The lowest BCUT2D eigenvalue weighted by Crippen LogP contribution is -2.33. The topological polar surface area (TPSA) is 44.5 Å². The number of nitrogens with two attached hydrogens (primary N) is 1. The molecular formula is C15H23NO2. The van der Waals surface area contributed by atoms with Crippen LogP contribution in [0.2, 0.25) is 0 Å². The zero-order valence-corrected chi connectivity index (χ0v) is 11.1. The van der Waals surface area contributed by atoms with Crippen molar-refractivity contribution >= 4 is 0 Å². The predicted octanol–water partition coefficient (Wildman–Crippen LogP) is 2.73. The molecule has 1 fully saturated rings. The Morgan fingerprint density at radius 3 is 2.56 bits per heavy atom. The first-order chi connectivity index (χ1) is 8.83. The summed E-state index contributed by atoms with van der Waals surface area (Å²) in [5, 5.41) is 0. The molecule has 1 saturated carbocycles. The minimum atomic E-state index is 0.339. The Hall–Kier alpha value is -1.06. The number of rotatable bonds is 5. The number of ether oxygens (including phenoxy) is 2. The van der Waals surface area contributed by atoms with Crippen LogP contribution in [0, 0.1) is 5.92 Å². The molecule has 3 nitrogen and oxygen atoms in total. The first-order valence-corrected chi connectivity index (χ1v) is 6.78. The van der Waals surface area contributed by atoms with Gasteiger partial charge < -0.3 is 15.2 Å². The van der Waals surface area contributed by atoms with Crippen molar-refractivity contribution in [2.75, 3.05) is 13.7 Å². The summed E-state index contributed by atoms with van der Waals surface area (Å²) in [5.74, 6) is 1.42. The largest absolute Gasteiger partial charge is 0.497 e. The molecule has 0 bridgehead atoms. The maximum absolute atomic E-state index is 6.03. The Balaban J connectivity index is 1.85. The van der Waals surface area contributed by atoms with E-state index in [4.69, 9.17) is 15.2 Å². The molecule has 0 radical (unpaired) electrons. The van der Waals surface area contributed by atoms with E-state index in [1.54, 1.807) is 7.11 Å². The molecule has 0 amide bonds. The van der Waals surface area contributed by atoms with E-state index in [0.717, 1.165) is 18.7 Å². The monoisotopic (exact) mass is 249 g/mol. The van der Waals surface area contributed by atoms with E-state index in [9.17, 15) is 0 Å². The molecule has 2 rings (SSSR count). The first-order valence-electron chi connectivity index (χ1n) is 6.78. The second kappa shape index (κ2) is 6.76. The maximum atomic E-state index is 6.03. The van der Waals surface area contributed by atoms with Crippen molar-refractivity contribution in [3.63, 3.8) is 0 Å². The number of hydrogen-bond acceptors (Lipinski definition) is 3. The zero-order chi connectivity index (χ0) is 12.8. The van der Waals surface area contributed by atoms with Gasteiger partial charge in [0.15, 0.2) is 0 Å². The van der Waals surface area contributed by atoms with Crippen LogP contribution >= 0.6 is 0 Å². The molecule has 0 spiro atoms. The number of hydrogen-bond donors (Lipinski definition) is 1. The summed E-state index contributed by atoms with van der Waals surface area (Å²) in [6, 6.07) is 8.05. The van der Waals surface area contributed by atoms with Crippen molar-refractivity contribution in [2.45, 2.75) is 38.4 Å². The molecule has 0 aromatic heterocycles. The van der Waals surface area contributed by atoms with Gasteiger partial charge in [-0.05, 0) is 43.0 Å². The van der Waals surface area contributed by atoms with E-state index in [-0.39, 0.29) is 0 Å². The van der Waals surface area contributed by atoms with Crippen molar-refractivity contribution in [1.82, 2.24) is 0 Å². The van der Waals surface area contributed by atoms with Gasteiger partial charge in [0, 0.05) is 0 Å². The average molecular weight is 249 g/mol. The van der Waals surface area contributed by atoms with Gasteiger partial charge in [-0.1, -0.05) is 25.0 Å². The quantitative estimate of drug-likeness (QED) is 0.872. The second-order valence-electron chi connectivity index (χ2n) is 4.98. The highest BCUT2D eigenvalue weighted by Gasteiger charge is 2.24. The molecule has 2 unspecified atom stereocenters. The Morgan fingerprint density at radius 2 is 1.89 bits per heavy atom. The summed E-state index contributed by atoms with van der Waals surface area (Å²) in [6.45, 7) is 1.42. The number of methoxy groups -OCH3 is 1. The van der Waals surface area contributed by atoms with Crippen LogP contribution in [0.1, 0.15) is 31.2 Å². The highest BCUT2D eigenvalue weighted by atomic mass is 16.5. The molecular weight excluding hydrogens is 226 g/mol. The molecule has 1 aromatic carbocycles. The standard InChI is InChI=1S/C15H23NO2/c1-17-14-8-6-12(7-9-14)11-18-15-5-3-2-4-13(15)10-16/h6-9,13,15H,2-5,10-11,16H2,1H3. The fourth-order valence-electron chi connectivity index (χ4n) is 2.59. The van der Waals surface area contributed by atoms with Gasteiger partial charge in [0.2, 0.25) is 0 Å². The molecule has 0 saturated heterocycles. The zero-order valence-electron chi connectivity index (χ0n) is 11.1. The van der Waals surface area contributed by atoms with Crippen LogP contribution in [0.3, 0.4) is 0 Å². The van der Waals surface area contributed by atoms with Crippen LogP contribution in [0.4, 0.5) is 0 Å². The molecule has 1 aliphatic carbocycles. The van der Waals surface area contributed by atoms with Crippen LogP contribution < -0.4 is 10.5 Å². The van der Waals surface area contributed by atoms with E-state index < -0.39 is 0 Å². The van der Waals surface area contributed by atoms with Crippen molar-refractivity contribution in [3.8, 4) is 5.75 Å². The minimum Gasteiger partial charge on any atom is -0.497 e. The van der Waals surface area contributed by atoms with Gasteiger partial charge in [0.1, 0.15) is 5.75 Å². The second-order valence-corrected chi connectivity index (χ2v) is 4.98. The molecule has 1 aliphatic rings. The van der Waals surface area contributed by atoms with E-state index in [1.807, 2.05) is 12.1 Å². The third-order valence-corrected chi connectivity index (χ3v) is 3.77. The number of benzene rings is 1. The Kier molecular flexibility index (Phi) is 5.02. The Morgan fingerprint density at radius 1 is 1.17 bits per heavy atom. The molecule has 2 atom stereocenters. The Labute approximate surface area is 109 Å². The fraction of sp³-hybridized carbons (Fsp3) is 0.600. The van der Waals surface area contributed by atoms with Gasteiger partial charge in [-0.25, -0.2) is 0 Å². The summed E-state index contributed by atoms with van der Waals surface area (Å²) in [7, 11) is 1.68. The highest BCUT2D eigenvalue weighted by molar-refractivity contribution is 5.26. The van der Waals surface area contributed by atoms with Crippen molar-refractivity contribution in [1.29, 1.82) is 0 Å². The van der Waals surface area contributed by atoms with Gasteiger partial charge in [-0.15, -0.1) is 0 Å². The molecule has 18 heavy (non-hydrogen) atoms. The van der Waals surface area contributed by atoms with Gasteiger partial charge in [-0.3, -0.25) is 0 Å². The summed E-state index contributed by atoms with van der Waals surface area (Å²) in [4.78, 5) is 0. The van der Waals surface area contributed by atoms with Crippen LogP contribution in [0.15, 0.2) is 24.3 Å². The minimum absolute atomic E-state index is 0.339. The third-order valence-electron chi connectivity index (χ3n) is 3.77. The van der Waals surface area contributed by atoms with Crippen molar-refractivity contribution in [2.24, 2.45) is 11.7 Å². The Bertz CT molecular complexity index is 350. The SMILES string of the molecule is COc1ccc(COC2CCCCC2CN)cc1. The molecule has 3 heteroatoms. The third kappa shape index (κ3) is 3.47. The van der Waals surface area contributed by atoms with E-state index in [0.29, 0.717) is 18.6 Å². The normalized spacial score (nSPS) is 23.9. The van der Waals surface area contributed by atoms with Crippen molar-refractivity contribution < 1.29 is 9.47 Å². The van der Waals surface area contributed by atoms with Crippen LogP contribution in [-0.4, -0.2) is 19.8 Å². The first kappa shape index (κ1) is 13.4. The molecule has 100 valence electrons. The van der Waals surface area contributed by atoms with Crippen LogP contribution in [0.5, 0.6) is 5.75 Å². The fourth-order valence-corrected chi connectivity index (χ4v) is 2.59. The lowest BCUT2D eigenvalue weighted by molar-refractivity contribution is -0.0183. The lowest BCUT2D eigenvalue weighted by atomic mass is 9.86. The summed E-state index contributed by atoms with van der Waals surface area (Å²) in [5.41, 5.74) is 7.00. The molecule has 1 aromatic rings. The van der Waals surface area contributed by atoms with Gasteiger partial charge in [-0.2, -0.15) is 0 Å². The predicted molar refractivity (Wildman–Crippen MR) is 72.6 cm³/mol. The summed E-state index contributed by atoms with van der Waals surface area (Å²) < 4.78 is 11.2. The van der Waals surface area contributed by atoms with Gasteiger partial charge >= 0.3 is 0 Å². The van der Waals surface area contributed by atoms with E-state index in [1.165, 1.54) is 24.8 Å². The van der Waals surface area contributed by atoms with Gasteiger partial charge in [0.05, 0.1) is 19.8 Å². The van der Waals surface area contributed by atoms with Gasteiger partial charge in [0.25, 0.3) is 0 Å². The molecule has 0 heterocycles. The average Bonchev–Trinajstić information content (AvgIpc) is 2.46. The molecule has 2 N–H and O–H groups in total. The lowest BCUT2D eigenvalue weighted by Gasteiger charge is -2.30. The summed E-state index contributed by atoms with van der Waals surface area (Å²) in [6.07, 6.45) is 5.27. The summed E-state index contributed by atoms with van der Waals surface area (Å²) >= 11 is 0. The van der Waals surface area contributed by atoms with E-state index >= 15 is 0 Å². The smallest absolute Gasteiger partial charge is 0.118 e. The van der Waals surface area contributed by atoms with Crippen LogP contribution in [0.25, 0.3) is 0 Å². The van der Waals surface area contributed by atoms with Crippen LogP contribution in [-0.2, 0) is 11.3 Å². The highest BCUT2D eigenvalue weighted by Crippen LogP contribution is 2.27.